The minimum Gasteiger partial charge on any atom is -0.302 e. The topological polar surface area (TPSA) is 75.6 Å². The van der Waals surface area contributed by atoms with Crippen molar-refractivity contribution in [1.29, 1.82) is 0 Å². The number of hydrogen-bond donors (Lipinski definition) is 2. The van der Waals surface area contributed by atoms with Crippen LogP contribution in [0.15, 0.2) is 59.7 Å². The zero-order valence-electron chi connectivity index (χ0n) is 13.8. The van der Waals surface area contributed by atoms with Crippen LogP contribution in [0.5, 0.6) is 0 Å². The molecule has 0 radical (unpaired) electrons. The van der Waals surface area contributed by atoms with Crippen LogP contribution in [0, 0.1) is 0 Å². The van der Waals surface area contributed by atoms with Crippen LogP contribution < -0.4 is 10.9 Å². The van der Waals surface area contributed by atoms with Gasteiger partial charge in [0.25, 0.3) is 5.56 Å². The van der Waals surface area contributed by atoms with E-state index < -0.39 is 0 Å². The number of nitrogens with zero attached hydrogens (tertiary/aromatic N) is 3. The third-order valence-corrected chi connectivity index (χ3v) is 3.98. The van der Waals surface area contributed by atoms with Gasteiger partial charge in [0.1, 0.15) is 0 Å². The van der Waals surface area contributed by atoms with E-state index in [1.807, 2.05) is 36.0 Å². The van der Waals surface area contributed by atoms with Crippen molar-refractivity contribution in [2.75, 3.05) is 0 Å². The number of rotatable bonds is 6. The molecular weight excluding hydrogens is 302 g/mol. The second-order valence-corrected chi connectivity index (χ2v) is 5.91. The molecule has 0 spiro atoms. The van der Waals surface area contributed by atoms with Crippen molar-refractivity contribution in [3.8, 4) is 0 Å². The quantitative estimate of drug-likeness (QED) is 0.730. The number of hydrogen-bond acceptors (Lipinski definition) is 4. The Balaban J connectivity index is 1.64. The van der Waals surface area contributed by atoms with E-state index in [-0.39, 0.29) is 17.6 Å². The maximum absolute atomic E-state index is 11.1. The van der Waals surface area contributed by atoms with E-state index in [1.54, 1.807) is 6.07 Å². The predicted octanol–water partition coefficient (Wildman–Crippen LogP) is 2.43. The molecule has 24 heavy (non-hydrogen) atoms. The standard InChI is InChI=1S/C18H21N5O/c1-13(20-14(2)17-8-9-18(24)22-21-17)16-10-19-23(12-16)11-15-6-4-3-5-7-15/h3-10,12-14,20H,11H2,1-2H3,(H,22,24)/t13-,14-/m1/s1. The molecule has 0 unspecified atom stereocenters. The fraction of sp³-hybridized carbons (Fsp3) is 0.278. The summed E-state index contributed by atoms with van der Waals surface area (Å²) in [6.45, 7) is 4.86. The van der Waals surface area contributed by atoms with Crippen molar-refractivity contribution >= 4 is 0 Å². The molecule has 2 aromatic heterocycles. The minimum absolute atomic E-state index is 0.0225. The summed E-state index contributed by atoms with van der Waals surface area (Å²) >= 11 is 0. The molecule has 0 aliphatic rings. The molecule has 0 saturated heterocycles. The largest absolute Gasteiger partial charge is 0.302 e. The third-order valence-electron chi connectivity index (χ3n) is 3.98. The Hall–Kier alpha value is -2.73. The molecule has 1 aromatic carbocycles. The molecule has 0 aliphatic heterocycles. The molecule has 0 bridgehead atoms. The van der Waals surface area contributed by atoms with Gasteiger partial charge in [0, 0.05) is 29.9 Å². The Morgan fingerprint density at radius 3 is 2.62 bits per heavy atom. The van der Waals surface area contributed by atoms with E-state index in [1.165, 1.54) is 11.6 Å². The molecule has 0 aliphatic carbocycles. The average molecular weight is 323 g/mol. The second kappa shape index (κ2) is 7.23. The van der Waals surface area contributed by atoms with Gasteiger partial charge < -0.3 is 5.32 Å². The highest BCUT2D eigenvalue weighted by molar-refractivity contribution is 5.17. The molecule has 124 valence electrons. The zero-order valence-corrected chi connectivity index (χ0v) is 13.8. The summed E-state index contributed by atoms with van der Waals surface area (Å²) in [5, 5.41) is 14.4. The maximum Gasteiger partial charge on any atom is 0.264 e. The van der Waals surface area contributed by atoms with Crippen LogP contribution >= 0.6 is 0 Å². The van der Waals surface area contributed by atoms with Gasteiger partial charge >= 0.3 is 0 Å². The number of nitrogens with one attached hydrogen (secondary N) is 2. The highest BCUT2D eigenvalue weighted by atomic mass is 16.1. The Kier molecular flexibility index (Phi) is 4.86. The molecule has 2 N–H and O–H groups in total. The van der Waals surface area contributed by atoms with Crippen molar-refractivity contribution in [2.24, 2.45) is 0 Å². The van der Waals surface area contributed by atoms with Crippen molar-refractivity contribution in [1.82, 2.24) is 25.3 Å². The molecule has 2 atom stereocenters. The van der Waals surface area contributed by atoms with E-state index in [4.69, 9.17) is 0 Å². The summed E-state index contributed by atoms with van der Waals surface area (Å²) in [5.41, 5.74) is 2.94. The Labute approximate surface area is 140 Å². The monoisotopic (exact) mass is 323 g/mol. The van der Waals surface area contributed by atoms with Gasteiger partial charge in [-0.3, -0.25) is 9.48 Å². The lowest BCUT2D eigenvalue weighted by molar-refractivity contribution is 0.482. The lowest BCUT2D eigenvalue weighted by Crippen LogP contribution is -2.24. The second-order valence-electron chi connectivity index (χ2n) is 5.91. The number of H-pyrrole nitrogens is 1. The highest BCUT2D eigenvalue weighted by Crippen LogP contribution is 2.17. The lowest BCUT2D eigenvalue weighted by atomic mass is 10.1. The summed E-state index contributed by atoms with van der Waals surface area (Å²) in [5.74, 6) is 0. The van der Waals surface area contributed by atoms with E-state index in [0.29, 0.717) is 0 Å². The van der Waals surface area contributed by atoms with Crippen molar-refractivity contribution < 1.29 is 0 Å². The van der Waals surface area contributed by atoms with Gasteiger partial charge in [0.15, 0.2) is 0 Å². The van der Waals surface area contributed by atoms with Crippen LogP contribution in [0.4, 0.5) is 0 Å². The van der Waals surface area contributed by atoms with Crippen LogP contribution in [0.25, 0.3) is 0 Å². The Bertz CT molecular complexity index is 819. The molecule has 0 saturated carbocycles. The zero-order chi connectivity index (χ0) is 16.9. The molecule has 0 fully saturated rings. The van der Waals surface area contributed by atoms with Crippen LogP contribution in [0.2, 0.25) is 0 Å². The molecule has 2 heterocycles. The van der Waals surface area contributed by atoms with E-state index >= 15 is 0 Å². The summed E-state index contributed by atoms with van der Waals surface area (Å²) in [6, 6.07) is 13.6. The van der Waals surface area contributed by atoms with Crippen molar-refractivity contribution in [3.05, 3.63) is 82.0 Å². The smallest absolute Gasteiger partial charge is 0.264 e. The fourth-order valence-corrected chi connectivity index (χ4v) is 2.61. The van der Waals surface area contributed by atoms with Gasteiger partial charge in [-0.25, -0.2) is 5.10 Å². The first kappa shape index (κ1) is 16.1. The molecule has 6 heteroatoms. The van der Waals surface area contributed by atoms with Crippen LogP contribution in [0.1, 0.15) is 42.8 Å². The van der Waals surface area contributed by atoms with Crippen LogP contribution in [-0.4, -0.2) is 20.0 Å². The predicted molar refractivity (Wildman–Crippen MR) is 92.6 cm³/mol. The van der Waals surface area contributed by atoms with Crippen LogP contribution in [0.3, 0.4) is 0 Å². The molecule has 6 nitrogen and oxygen atoms in total. The van der Waals surface area contributed by atoms with Crippen molar-refractivity contribution in [3.63, 3.8) is 0 Å². The summed E-state index contributed by atoms with van der Waals surface area (Å²) in [7, 11) is 0. The van der Waals surface area contributed by atoms with Crippen LogP contribution in [-0.2, 0) is 6.54 Å². The molecular formula is C18H21N5O. The van der Waals surface area contributed by atoms with Gasteiger partial charge in [0.2, 0.25) is 0 Å². The van der Waals surface area contributed by atoms with Gasteiger partial charge in [-0.2, -0.15) is 10.2 Å². The Morgan fingerprint density at radius 1 is 1.12 bits per heavy atom. The third kappa shape index (κ3) is 3.97. The SMILES string of the molecule is C[C@@H](N[C@H](C)c1ccc(=O)[nH]n1)c1cnn(Cc2ccccc2)c1. The fourth-order valence-electron chi connectivity index (χ4n) is 2.61. The van der Waals surface area contributed by atoms with E-state index in [2.05, 4.69) is 45.9 Å². The first-order valence-corrected chi connectivity index (χ1v) is 8.00. The van der Waals surface area contributed by atoms with Gasteiger partial charge in [0.05, 0.1) is 18.4 Å². The normalized spacial score (nSPS) is 13.6. The average Bonchev–Trinajstić information content (AvgIpc) is 3.05. The first-order chi connectivity index (χ1) is 11.6. The number of aromatic amines is 1. The highest BCUT2D eigenvalue weighted by Gasteiger charge is 2.14. The van der Waals surface area contributed by atoms with Gasteiger partial charge in [-0.1, -0.05) is 30.3 Å². The van der Waals surface area contributed by atoms with E-state index in [9.17, 15) is 4.79 Å². The first-order valence-electron chi connectivity index (χ1n) is 8.00. The maximum atomic E-state index is 11.1. The lowest BCUT2D eigenvalue weighted by Gasteiger charge is -2.18. The molecule has 3 aromatic rings. The van der Waals surface area contributed by atoms with Crippen molar-refractivity contribution in [2.45, 2.75) is 32.5 Å². The minimum atomic E-state index is -0.193. The molecule has 0 amide bonds. The number of aromatic nitrogens is 4. The number of benzene rings is 1. The summed E-state index contributed by atoms with van der Waals surface area (Å²) < 4.78 is 1.94. The van der Waals surface area contributed by atoms with Gasteiger partial charge in [-0.05, 0) is 25.5 Å². The van der Waals surface area contributed by atoms with Gasteiger partial charge in [-0.15, -0.1) is 0 Å². The Morgan fingerprint density at radius 2 is 1.92 bits per heavy atom. The molecule has 3 rings (SSSR count). The van der Waals surface area contributed by atoms with E-state index in [0.717, 1.165) is 17.8 Å². The summed E-state index contributed by atoms with van der Waals surface area (Å²) in [6.07, 6.45) is 3.94. The summed E-state index contributed by atoms with van der Waals surface area (Å²) in [4.78, 5) is 11.1.